The van der Waals surface area contributed by atoms with Gasteiger partial charge in [-0.15, -0.1) is 0 Å². The van der Waals surface area contributed by atoms with Crippen molar-refractivity contribution in [3.05, 3.63) is 24.3 Å². The van der Waals surface area contributed by atoms with Gasteiger partial charge in [-0.2, -0.15) is 0 Å². The maximum Gasteiger partial charge on any atom is 0.173 e. The van der Waals surface area contributed by atoms with Crippen LogP contribution in [0.25, 0.3) is 0 Å². The molecular formula is C13H20N2O2S. The predicted octanol–water partition coefficient (Wildman–Crippen LogP) is 2.36. The topological polar surface area (TPSA) is 33.7 Å². The Hall–Kier alpha value is -1.33. The molecule has 0 saturated carbocycles. The van der Waals surface area contributed by atoms with Crippen molar-refractivity contribution in [3.63, 3.8) is 0 Å². The Morgan fingerprint density at radius 1 is 1.39 bits per heavy atom. The van der Waals surface area contributed by atoms with E-state index in [0.717, 1.165) is 31.0 Å². The summed E-state index contributed by atoms with van der Waals surface area (Å²) in [6.07, 6.45) is 0.951. The Morgan fingerprint density at radius 3 is 2.83 bits per heavy atom. The van der Waals surface area contributed by atoms with Crippen molar-refractivity contribution in [1.82, 2.24) is 4.90 Å². The van der Waals surface area contributed by atoms with Gasteiger partial charge < -0.3 is 19.7 Å². The monoisotopic (exact) mass is 268 g/mol. The zero-order valence-electron chi connectivity index (χ0n) is 11.1. The Labute approximate surface area is 114 Å². The van der Waals surface area contributed by atoms with Crippen LogP contribution in [-0.4, -0.2) is 44.4 Å². The molecule has 1 aromatic rings. The molecule has 1 N–H and O–H groups in total. The number of hydrogen-bond acceptors (Lipinski definition) is 3. The van der Waals surface area contributed by atoms with Gasteiger partial charge in [-0.3, -0.25) is 0 Å². The summed E-state index contributed by atoms with van der Waals surface area (Å²) >= 11 is 5.32. The summed E-state index contributed by atoms with van der Waals surface area (Å²) in [7, 11) is 5.31. The van der Waals surface area contributed by atoms with E-state index >= 15 is 0 Å². The lowest BCUT2D eigenvalue weighted by atomic mass is 10.3. The highest BCUT2D eigenvalue weighted by Gasteiger charge is 2.04. The molecule has 4 nitrogen and oxygen atoms in total. The molecule has 5 heteroatoms. The van der Waals surface area contributed by atoms with Crippen LogP contribution in [0.4, 0.5) is 5.69 Å². The number of anilines is 1. The van der Waals surface area contributed by atoms with E-state index < -0.39 is 0 Å². The molecule has 1 rings (SSSR count). The van der Waals surface area contributed by atoms with Crippen LogP contribution < -0.4 is 10.1 Å². The molecule has 0 spiro atoms. The summed E-state index contributed by atoms with van der Waals surface area (Å²) in [6, 6.07) is 7.69. The van der Waals surface area contributed by atoms with Gasteiger partial charge in [-0.25, -0.2) is 0 Å². The minimum atomic E-state index is 0.694. The average Bonchev–Trinajstić information content (AvgIpc) is 2.39. The van der Waals surface area contributed by atoms with E-state index in [2.05, 4.69) is 5.32 Å². The van der Waals surface area contributed by atoms with E-state index in [0.29, 0.717) is 5.11 Å². The molecule has 0 aromatic heterocycles. The fourth-order valence-electron chi connectivity index (χ4n) is 1.47. The number of ether oxygens (including phenoxy) is 2. The predicted molar refractivity (Wildman–Crippen MR) is 78.3 cm³/mol. The number of nitrogens with one attached hydrogen (secondary N) is 1. The standard InChI is InChI=1S/C13H20N2O2S/c1-15(8-5-9-16-2)13(18)14-11-6-4-7-12(10-11)17-3/h4,6-7,10H,5,8-9H2,1-3H3,(H,14,18). The second-order valence-electron chi connectivity index (χ2n) is 3.93. The van der Waals surface area contributed by atoms with Crippen molar-refractivity contribution in [2.45, 2.75) is 6.42 Å². The van der Waals surface area contributed by atoms with E-state index in [4.69, 9.17) is 21.7 Å². The van der Waals surface area contributed by atoms with Crippen LogP contribution in [-0.2, 0) is 4.74 Å². The average molecular weight is 268 g/mol. The van der Waals surface area contributed by atoms with Crippen molar-refractivity contribution in [3.8, 4) is 5.75 Å². The highest BCUT2D eigenvalue weighted by Crippen LogP contribution is 2.16. The molecule has 18 heavy (non-hydrogen) atoms. The molecule has 0 unspecified atom stereocenters. The SMILES string of the molecule is COCCCN(C)C(=S)Nc1cccc(OC)c1. The zero-order chi connectivity index (χ0) is 13.4. The summed E-state index contributed by atoms with van der Waals surface area (Å²) in [5.74, 6) is 0.810. The molecule has 0 aliphatic rings. The van der Waals surface area contributed by atoms with E-state index in [9.17, 15) is 0 Å². The molecule has 0 radical (unpaired) electrons. The van der Waals surface area contributed by atoms with Crippen LogP contribution in [0.5, 0.6) is 5.75 Å². The van der Waals surface area contributed by atoms with Gasteiger partial charge in [-0.1, -0.05) is 6.07 Å². The van der Waals surface area contributed by atoms with Gasteiger partial charge in [0.05, 0.1) is 7.11 Å². The number of methoxy groups -OCH3 is 2. The molecule has 0 fully saturated rings. The second kappa shape index (κ2) is 7.89. The molecule has 0 saturated heterocycles. The first-order valence-corrected chi connectivity index (χ1v) is 6.23. The second-order valence-corrected chi connectivity index (χ2v) is 4.32. The third-order valence-electron chi connectivity index (χ3n) is 2.51. The highest BCUT2D eigenvalue weighted by atomic mass is 32.1. The van der Waals surface area contributed by atoms with Crippen LogP contribution in [0.1, 0.15) is 6.42 Å². The molecule has 0 aliphatic carbocycles. The van der Waals surface area contributed by atoms with Crippen molar-refractivity contribution in [2.24, 2.45) is 0 Å². The summed E-state index contributed by atoms with van der Waals surface area (Å²) in [4.78, 5) is 1.99. The van der Waals surface area contributed by atoms with E-state index in [-0.39, 0.29) is 0 Å². The summed E-state index contributed by atoms with van der Waals surface area (Å²) in [5, 5.41) is 3.87. The van der Waals surface area contributed by atoms with Gasteiger partial charge in [0.15, 0.2) is 5.11 Å². The van der Waals surface area contributed by atoms with Crippen LogP contribution in [0.15, 0.2) is 24.3 Å². The van der Waals surface area contributed by atoms with Crippen LogP contribution in [0.3, 0.4) is 0 Å². The molecule has 100 valence electrons. The maximum atomic E-state index is 5.32. The van der Waals surface area contributed by atoms with E-state index in [1.54, 1.807) is 14.2 Å². The van der Waals surface area contributed by atoms with Gasteiger partial charge in [0.2, 0.25) is 0 Å². The smallest absolute Gasteiger partial charge is 0.173 e. The van der Waals surface area contributed by atoms with Crippen molar-refractivity contribution in [2.75, 3.05) is 39.7 Å². The minimum Gasteiger partial charge on any atom is -0.497 e. The molecule has 1 aromatic carbocycles. The van der Waals surface area contributed by atoms with E-state index in [1.807, 2.05) is 36.2 Å². The summed E-state index contributed by atoms with van der Waals surface area (Å²) < 4.78 is 10.2. The Bertz CT molecular complexity index is 385. The van der Waals surface area contributed by atoms with E-state index in [1.165, 1.54) is 0 Å². The normalized spacial score (nSPS) is 9.94. The lowest BCUT2D eigenvalue weighted by Gasteiger charge is -2.21. The fraction of sp³-hybridized carbons (Fsp3) is 0.462. The first-order chi connectivity index (χ1) is 8.67. The van der Waals surface area contributed by atoms with Crippen molar-refractivity contribution >= 4 is 23.0 Å². The molecule has 0 bridgehead atoms. The molecular weight excluding hydrogens is 248 g/mol. The first kappa shape index (κ1) is 14.7. The Morgan fingerprint density at radius 2 is 2.17 bits per heavy atom. The van der Waals surface area contributed by atoms with Gasteiger partial charge in [0.25, 0.3) is 0 Å². The van der Waals surface area contributed by atoms with Crippen LogP contribution >= 0.6 is 12.2 Å². The molecule has 0 amide bonds. The quantitative estimate of drug-likeness (QED) is 0.633. The Kier molecular flexibility index (Phi) is 6.46. The van der Waals surface area contributed by atoms with Crippen LogP contribution in [0.2, 0.25) is 0 Å². The zero-order valence-corrected chi connectivity index (χ0v) is 11.9. The summed E-state index contributed by atoms with van der Waals surface area (Å²) in [5.41, 5.74) is 0.929. The highest BCUT2D eigenvalue weighted by molar-refractivity contribution is 7.80. The third-order valence-corrected chi connectivity index (χ3v) is 2.92. The number of hydrogen-bond donors (Lipinski definition) is 1. The van der Waals surface area contributed by atoms with Crippen molar-refractivity contribution in [1.29, 1.82) is 0 Å². The minimum absolute atomic E-state index is 0.694. The number of rotatable bonds is 6. The van der Waals surface area contributed by atoms with Gasteiger partial charge >= 0.3 is 0 Å². The molecule has 0 heterocycles. The van der Waals surface area contributed by atoms with Crippen LogP contribution in [0, 0.1) is 0 Å². The van der Waals surface area contributed by atoms with Gasteiger partial charge in [-0.05, 0) is 30.8 Å². The number of benzene rings is 1. The maximum absolute atomic E-state index is 5.32. The third kappa shape index (κ3) is 4.89. The number of thiocarbonyl (C=S) groups is 1. The lowest BCUT2D eigenvalue weighted by Crippen LogP contribution is -2.32. The first-order valence-electron chi connectivity index (χ1n) is 5.82. The Balaban J connectivity index is 2.47. The van der Waals surface area contributed by atoms with Gasteiger partial charge in [0, 0.05) is 39.1 Å². The molecule has 0 atom stereocenters. The fourth-order valence-corrected chi connectivity index (χ4v) is 1.68. The lowest BCUT2D eigenvalue weighted by molar-refractivity contribution is 0.189. The summed E-state index contributed by atoms with van der Waals surface area (Å²) in [6.45, 7) is 1.61. The van der Waals surface area contributed by atoms with Gasteiger partial charge in [0.1, 0.15) is 5.75 Å². The molecule has 0 aliphatic heterocycles. The largest absolute Gasteiger partial charge is 0.497 e. The van der Waals surface area contributed by atoms with Crippen molar-refractivity contribution < 1.29 is 9.47 Å². The number of nitrogens with zero attached hydrogens (tertiary/aromatic N) is 1.